The van der Waals surface area contributed by atoms with Crippen molar-refractivity contribution in [3.05, 3.63) is 217 Å². The summed E-state index contributed by atoms with van der Waals surface area (Å²) in [6.45, 7) is 2.38. The second-order valence-corrected chi connectivity index (χ2v) is 15.0. The monoisotopic (exact) mass is 728 g/mol. The quantitative estimate of drug-likeness (QED) is 0.171. The van der Waals surface area contributed by atoms with Crippen LogP contribution >= 0.6 is 0 Å². The predicted octanol–water partition coefficient (Wildman–Crippen LogP) is 14.0. The van der Waals surface area contributed by atoms with Crippen LogP contribution < -0.4 is 0 Å². The minimum absolute atomic E-state index is 0.350. The molecule has 1 aliphatic rings. The van der Waals surface area contributed by atoms with Crippen LogP contribution in [0.3, 0.4) is 0 Å². The molecule has 3 nitrogen and oxygen atoms in total. The van der Waals surface area contributed by atoms with Gasteiger partial charge in [-0.05, 0) is 63.6 Å². The van der Waals surface area contributed by atoms with Crippen molar-refractivity contribution in [3.8, 4) is 67.3 Å². The highest BCUT2D eigenvalue weighted by Crippen LogP contribution is 2.56. The lowest BCUT2D eigenvalue weighted by Gasteiger charge is -2.30. The molecule has 268 valence electrons. The van der Waals surface area contributed by atoms with Gasteiger partial charge in [0, 0.05) is 38.4 Å². The third-order valence-electron chi connectivity index (χ3n) is 11.8. The van der Waals surface area contributed by atoms with Crippen LogP contribution in [0.1, 0.15) is 23.6 Å². The minimum Gasteiger partial charge on any atom is -0.455 e. The van der Waals surface area contributed by atoms with E-state index in [0.29, 0.717) is 5.82 Å². The van der Waals surface area contributed by atoms with Crippen LogP contribution in [0.4, 0.5) is 0 Å². The number of aromatic nitrogens is 2. The van der Waals surface area contributed by atoms with Gasteiger partial charge in [-0.15, -0.1) is 0 Å². The highest BCUT2D eigenvalue weighted by atomic mass is 16.3. The van der Waals surface area contributed by atoms with Gasteiger partial charge in [-0.1, -0.05) is 188 Å². The summed E-state index contributed by atoms with van der Waals surface area (Å²) in [5.74, 6) is 0.689. The van der Waals surface area contributed by atoms with E-state index in [4.69, 9.17) is 14.4 Å². The lowest BCUT2D eigenvalue weighted by molar-refractivity contribution is 0.670. The molecule has 1 atom stereocenters. The largest absolute Gasteiger partial charge is 0.455 e. The van der Waals surface area contributed by atoms with Gasteiger partial charge in [-0.3, -0.25) is 0 Å². The van der Waals surface area contributed by atoms with E-state index in [0.717, 1.165) is 66.7 Å². The van der Waals surface area contributed by atoms with Crippen molar-refractivity contribution in [3.63, 3.8) is 0 Å². The molecule has 0 bridgehead atoms. The fourth-order valence-corrected chi connectivity index (χ4v) is 9.09. The molecule has 1 unspecified atom stereocenters. The second kappa shape index (κ2) is 13.1. The molecule has 1 aliphatic carbocycles. The molecule has 0 fully saturated rings. The van der Waals surface area contributed by atoms with Crippen LogP contribution in [0.25, 0.3) is 89.2 Å². The Morgan fingerprint density at radius 2 is 0.965 bits per heavy atom. The smallest absolute Gasteiger partial charge is 0.160 e. The Hall–Kier alpha value is -7.36. The summed E-state index contributed by atoms with van der Waals surface area (Å²) in [6.07, 6.45) is 0. The van der Waals surface area contributed by atoms with Gasteiger partial charge < -0.3 is 4.42 Å². The van der Waals surface area contributed by atoms with Gasteiger partial charge in [0.05, 0.1) is 11.4 Å². The summed E-state index contributed by atoms with van der Waals surface area (Å²) in [5, 5.41) is 2.25. The fourth-order valence-electron chi connectivity index (χ4n) is 9.09. The molecule has 3 heteroatoms. The number of furan rings is 1. The number of benzene rings is 8. The lowest BCUT2D eigenvalue weighted by Crippen LogP contribution is -2.23. The zero-order chi connectivity index (χ0) is 37.9. The Kier molecular flexibility index (Phi) is 7.61. The van der Waals surface area contributed by atoms with E-state index in [1.165, 1.54) is 33.4 Å². The molecule has 11 rings (SSSR count). The second-order valence-electron chi connectivity index (χ2n) is 15.0. The highest BCUT2D eigenvalue weighted by molar-refractivity contribution is 6.09. The Morgan fingerprint density at radius 1 is 0.404 bits per heavy atom. The predicted molar refractivity (Wildman–Crippen MR) is 234 cm³/mol. The average Bonchev–Trinajstić information content (AvgIpc) is 3.80. The standard InChI is InChI=1S/C54H36N2O/c1-54(38-18-6-3-7-19-38)47-28-12-10-21-41(47)45-26-15-25-44(51(45)54)40-20-8-9-22-42(40)49-34-48(55-53(56-49)37-16-4-2-5-17-37)36-32-30-35(31-33-36)39-24-14-27-46-43-23-11-13-29-50(43)57-52(39)46/h2-34H,1H3. The number of hydrogen-bond donors (Lipinski definition) is 0. The lowest BCUT2D eigenvalue weighted by atomic mass is 9.71. The molecule has 8 aromatic carbocycles. The Labute approximate surface area is 331 Å². The molecule has 0 spiro atoms. The maximum Gasteiger partial charge on any atom is 0.160 e. The van der Waals surface area contributed by atoms with Gasteiger partial charge in [0.25, 0.3) is 0 Å². The summed E-state index contributed by atoms with van der Waals surface area (Å²) in [5.41, 5.74) is 17.2. The molecule has 10 aromatic rings. The maximum atomic E-state index is 6.39. The SMILES string of the molecule is CC1(c2ccccc2)c2ccccc2-c2cccc(-c3ccccc3-c3cc(-c4ccc(-c5cccc6c5oc5ccccc56)cc4)nc(-c4ccccc4)n3)c21. The van der Waals surface area contributed by atoms with E-state index in [1.807, 2.05) is 30.3 Å². The molecule has 0 amide bonds. The third kappa shape index (κ3) is 5.27. The van der Waals surface area contributed by atoms with E-state index < -0.39 is 0 Å². The molecule has 2 aromatic heterocycles. The number of hydrogen-bond acceptors (Lipinski definition) is 3. The molecule has 2 heterocycles. The van der Waals surface area contributed by atoms with Crippen LogP contribution in [-0.4, -0.2) is 9.97 Å². The first kappa shape index (κ1) is 33.0. The molecule has 57 heavy (non-hydrogen) atoms. The molecule has 0 N–H and O–H groups in total. The van der Waals surface area contributed by atoms with Crippen LogP contribution in [0.15, 0.2) is 205 Å². The summed E-state index contributed by atoms with van der Waals surface area (Å²) in [6, 6.07) is 71.0. The van der Waals surface area contributed by atoms with Crippen molar-refractivity contribution < 1.29 is 4.42 Å². The number of fused-ring (bicyclic) bond motifs is 6. The van der Waals surface area contributed by atoms with Crippen LogP contribution in [0, 0.1) is 0 Å². The third-order valence-corrected chi connectivity index (χ3v) is 11.8. The first-order chi connectivity index (χ1) is 28.1. The fraction of sp³-hybridized carbons (Fsp3) is 0.0370. The summed E-state index contributed by atoms with van der Waals surface area (Å²) in [7, 11) is 0. The zero-order valence-corrected chi connectivity index (χ0v) is 31.4. The van der Waals surface area contributed by atoms with Gasteiger partial charge >= 0.3 is 0 Å². The Morgan fingerprint density at radius 3 is 1.77 bits per heavy atom. The Bertz CT molecular complexity index is 3130. The van der Waals surface area contributed by atoms with Crippen molar-refractivity contribution in [2.75, 3.05) is 0 Å². The van der Waals surface area contributed by atoms with E-state index >= 15 is 0 Å². The summed E-state index contributed by atoms with van der Waals surface area (Å²) in [4.78, 5) is 10.5. The topological polar surface area (TPSA) is 38.9 Å². The first-order valence-corrected chi connectivity index (χ1v) is 19.5. The number of para-hydroxylation sites is 2. The molecule has 0 saturated heterocycles. The summed E-state index contributed by atoms with van der Waals surface area (Å²) >= 11 is 0. The van der Waals surface area contributed by atoms with Crippen molar-refractivity contribution >= 4 is 21.9 Å². The van der Waals surface area contributed by atoms with Crippen LogP contribution in [-0.2, 0) is 5.41 Å². The molecule has 0 radical (unpaired) electrons. The van der Waals surface area contributed by atoms with Crippen LogP contribution in [0.5, 0.6) is 0 Å². The first-order valence-electron chi connectivity index (χ1n) is 19.5. The molecule has 0 saturated carbocycles. The van der Waals surface area contributed by atoms with E-state index in [9.17, 15) is 0 Å². The van der Waals surface area contributed by atoms with Gasteiger partial charge in [0.15, 0.2) is 5.82 Å². The summed E-state index contributed by atoms with van der Waals surface area (Å²) < 4.78 is 6.39. The van der Waals surface area contributed by atoms with Crippen molar-refractivity contribution in [1.82, 2.24) is 9.97 Å². The van der Waals surface area contributed by atoms with Crippen LogP contribution in [0.2, 0.25) is 0 Å². The average molecular weight is 729 g/mol. The molecular weight excluding hydrogens is 693 g/mol. The number of rotatable bonds is 6. The number of nitrogens with zero attached hydrogens (tertiary/aromatic N) is 2. The van der Waals surface area contributed by atoms with Crippen molar-refractivity contribution in [2.45, 2.75) is 12.3 Å². The van der Waals surface area contributed by atoms with Crippen molar-refractivity contribution in [1.29, 1.82) is 0 Å². The molecule has 0 aliphatic heterocycles. The minimum atomic E-state index is -0.350. The van der Waals surface area contributed by atoms with Gasteiger partial charge in [0.2, 0.25) is 0 Å². The normalized spacial score (nSPS) is 14.5. The van der Waals surface area contributed by atoms with E-state index in [1.54, 1.807) is 0 Å². The maximum absolute atomic E-state index is 6.39. The van der Waals surface area contributed by atoms with E-state index in [2.05, 4.69) is 177 Å². The van der Waals surface area contributed by atoms with Gasteiger partial charge in [-0.25, -0.2) is 9.97 Å². The van der Waals surface area contributed by atoms with E-state index in [-0.39, 0.29) is 5.41 Å². The highest BCUT2D eigenvalue weighted by Gasteiger charge is 2.42. The van der Waals surface area contributed by atoms with Gasteiger partial charge in [0.1, 0.15) is 11.2 Å². The van der Waals surface area contributed by atoms with Crippen molar-refractivity contribution in [2.24, 2.45) is 0 Å². The zero-order valence-electron chi connectivity index (χ0n) is 31.4. The molecular formula is C54H36N2O. The Balaban J connectivity index is 1.07. The van der Waals surface area contributed by atoms with Gasteiger partial charge in [-0.2, -0.15) is 0 Å².